The van der Waals surface area contributed by atoms with Gasteiger partial charge >= 0.3 is 0 Å². The van der Waals surface area contributed by atoms with Crippen LogP contribution in [0, 0.1) is 6.92 Å². The Bertz CT molecular complexity index is 477. The molecule has 2 aromatic rings. The molecule has 0 unspecified atom stereocenters. The third-order valence-electron chi connectivity index (χ3n) is 2.02. The lowest BCUT2D eigenvalue weighted by Gasteiger charge is -1.88. The first kappa shape index (κ1) is 9.52. The van der Waals surface area contributed by atoms with E-state index in [0.29, 0.717) is 11.5 Å². The number of H-pyrrole nitrogens is 1. The summed E-state index contributed by atoms with van der Waals surface area (Å²) in [6, 6.07) is 7.21. The molecule has 0 fully saturated rings. The Labute approximate surface area is 87.4 Å². The number of hydrogen-bond acceptors (Lipinski definition) is 2. The molecule has 2 aromatic heterocycles. The van der Waals surface area contributed by atoms with Crippen molar-refractivity contribution in [3.05, 3.63) is 53.8 Å². The van der Waals surface area contributed by atoms with Crippen molar-refractivity contribution in [1.82, 2.24) is 4.98 Å². The van der Waals surface area contributed by atoms with Gasteiger partial charge in [-0.1, -0.05) is 0 Å². The second-order valence-electron chi connectivity index (χ2n) is 3.23. The van der Waals surface area contributed by atoms with Gasteiger partial charge in [0.2, 0.25) is 5.78 Å². The van der Waals surface area contributed by atoms with Gasteiger partial charge in [0, 0.05) is 6.20 Å². The normalized spacial score (nSPS) is 11.0. The second kappa shape index (κ2) is 4.00. The van der Waals surface area contributed by atoms with Crippen molar-refractivity contribution < 1.29 is 9.21 Å². The lowest BCUT2D eigenvalue weighted by molar-refractivity contribution is 0.104. The van der Waals surface area contributed by atoms with Gasteiger partial charge in [-0.05, 0) is 43.3 Å². The van der Waals surface area contributed by atoms with Crippen LogP contribution < -0.4 is 0 Å². The summed E-state index contributed by atoms with van der Waals surface area (Å²) in [5.41, 5.74) is 0.578. The Morgan fingerprint density at radius 2 is 2.27 bits per heavy atom. The van der Waals surface area contributed by atoms with Crippen LogP contribution in [-0.4, -0.2) is 10.8 Å². The number of carbonyl (C=O) groups excluding carboxylic acids is 1. The Kier molecular flexibility index (Phi) is 2.54. The summed E-state index contributed by atoms with van der Waals surface area (Å²) in [7, 11) is 0. The van der Waals surface area contributed by atoms with Crippen molar-refractivity contribution in [1.29, 1.82) is 0 Å². The van der Waals surface area contributed by atoms with E-state index < -0.39 is 0 Å². The van der Waals surface area contributed by atoms with Crippen LogP contribution in [0.15, 0.2) is 41.0 Å². The minimum atomic E-state index is -0.0611. The number of rotatable bonds is 3. The van der Waals surface area contributed by atoms with Crippen LogP contribution in [-0.2, 0) is 0 Å². The fraction of sp³-hybridized carbons (Fsp3) is 0.0833. The molecule has 0 saturated carbocycles. The maximum absolute atomic E-state index is 11.5. The van der Waals surface area contributed by atoms with Gasteiger partial charge in [0.25, 0.3) is 0 Å². The number of carbonyl (C=O) groups is 1. The van der Waals surface area contributed by atoms with Crippen LogP contribution >= 0.6 is 0 Å². The van der Waals surface area contributed by atoms with Crippen LogP contribution in [0.25, 0.3) is 6.08 Å². The highest BCUT2D eigenvalue weighted by Crippen LogP contribution is 2.08. The molecule has 0 amide bonds. The molecule has 2 rings (SSSR count). The summed E-state index contributed by atoms with van der Waals surface area (Å²) in [4.78, 5) is 14.4. The lowest BCUT2D eigenvalue weighted by atomic mass is 10.2. The molecule has 0 aliphatic rings. The summed E-state index contributed by atoms with van der Waals surface area (Å²) in [6.45, 7) is 1.87. The van der Waals surface area contributed by atoms with Gasteiger partial charge in [-0.25, -0.2) is 0 Å². The van der Waals surface area contributed by atoms with E-state index in [9.17, 15) is 4.79 Å². The molecule has 1 N–H and O–H groups in total. The van der Waals surface area contributed by atoms with E-state index in [1.807, 2.05) is 19.1 Å². The fourth-order valence-corrected chi connectivity index (χ4v) is 1.27. The summed E-state index contributed by atoms with van der Waals surface area (Å²) in [5, 5.41) is 0. The smallest absolute Gasteiger partial charge is 0.202 e. The van der Waals surface area contributed by atoms with Crippen molar-refractivity contribution in [2.45, 2.75) is 6.92 Å². The molecular formula is C12H11NO2. The summed E-state index contributed by atoms with van der Waals surface area (Å²) < 4.78 is 5.30. The third-order valence-corrected chi connectivity index (χ3v) is 2.02. The first-order chi connectivity index (χ1) is 7.25. The van der Waals surface area contributed by atoms with Gasteiger partial charge in [-0.2, -0.15) is 0 Å². The molecule has 0 aromatic carbocycles. The minimum absolute atomic E-state index is 0.0611. The highest BCUT2D eigenvalue weighted by Gasteiger charge is 2.01. The van der Waals surface area contributed by atoms with Crippen molar-refractivity contribution in [3.63, 3.8) is 0 Å². The molecule has 3 nitrogen and oxygen atoms in total. The molecule has 76 valence electrons. The van der Waals surface area contributed by atoms with Gasteiger partial charge < -0.3 is 9.40 Å². The summed E-state index contributed by atoms with van der Waals surface area (Å²) >= 11 is 0. The van der Waals surface area contributed by atoms with E-state index in [2.05, 4.69) is 4.98 Å². The molecule has 0 bridgehead atoms. The molecule has 0 aliphatic heterocycles. The zero-order valence-corrected chi connectivity index (χ0v) is 8.36. The van der Waals surface area contributed by atoms with Gasteiger partial charge in [0.05, 0.1) is 5.69 Å². The Morgan fingerprint density at radius 3 is 2.87 bits per heavy atom. The highest BCUT2D eigenvalue weighted by molar-refractivity contribution is 6.05. The van der Waals surface area contributed by atoms with E-state index >= 15 is 0 Å². The van der Waals surface area contributed by atoms with Gasteiger partial charge in [-0.15, -0.1) is 0 Å². The second-order valence-corrected chi connectivity index (χ2v) is 3.23. The first-order valence-electron chi connectivity index (χ1n) is 4.68. The van der Waals surface area contributed by atoms with Crippen LogP contribution in [0.1, 0.15) is 22.0 Å². The first-order valence-corrected chi connectivity index (χ1v) is 4.68. The quantitative estimate of drug-likeness (QED) is 0.613. The number of ketones is 1. The van der Waals surface area contributed by atoms with Crippen LogP contribution in [0.3, 0.4) is 0 Å². The maximum Gasteiger partial charge on any atom is 0.202 e. The molecule has 0 radical (unpaired) electrons. The van der Waals surface area contributed by atoms with E-state index in [1.54, 1.807) is 24.4 Å². The number of aryl methyl sites for hydroxylation is 1. The summed E-state index contributed by atoms with van der Waals surface area (Å²) in [6.07, 6.45) is 4.87. The van der Waals surface area contributed by atoms with Gasteiger partial charge in [0.15, 0.2) is 0 Å². The number of aromatic nitrogens is 1. The molecule has 0 atom stereocenters. The van der Waals surface area contributed by atoms with Crippen molar-refractivity contribution in [3.8, 4) is 0 Å². The van der Waals surface area contributed by atoms with Gasteiger partial charge in [0.1, 0.15) is 11.5 Å². The largest absolute Gasteiger partial charge is 0.462 e. The standard InChI is InChI=1S/C12H11NO2/c1-9-4-5-10(15-9)6-7-12(14)11-3-2-8-13-11/h2-8,13H,1H3. The van der Waals surface area contributed by atoms with Crippen molar-refractivity contribution in [2.75, 3.05) is 0 Å². The van der Waals surface area contributed by atoms with E-state index in [4.69, 9.17) is 4.42 Å². The van der Waals surface area contributed by atoms with E-state index in [0.717, 1.165) is 5.76 Å². The minimum Gasteiger partial charge on any atom is -0.462 e. The molecule has 0 spiro atoms. The zero-order chi connectivity index (χ0) is 10.7. The Balaban J connectivity index is 2.09. The molecule has 3 heteroatoms. The zero-order valence-electron chi connectivity index (χ0n) is 8.36. The molecule has 0 aliphatic carbocycles. The molecule has 2 heterocycles. The van der Waals surface area contributed by atoms with Crippen LogP contribution in [0.2, 0.25) is 0 Å². The Morgan fingerprint density at radius 1 is 1.40 bits per heavy atom. The number of furan rings is 1. The van der Waals surface area contributed by atoms with Crippen molar-refractivity contribution in [2.24, 2.45) is 0 Å². The number of nitrogens with one attached hydrogen (secondary N) is 1. The SMILES string of the molecule is Cc1ccc(C=CC(=O)c2ccc[nH]2)o1. The van der Waals surface area contributed by atoms with Crippen LogP contribution in [0.4, 0.5) is 0 Å². The predicted molar refractivity (Wildman–Crippen MR) is 57.6 cm³/mol. The number of aromatic amines is 1. The topological polar surface area (TPSA) is 46.0 Å². The monoisotopic (exact) mass is 201 g/mol. The molecule has 15 heavy (non-hydrogen) atoms. The molecular weight excluding hydrogens is 190 g/mol. The highest BCUT2D eigenvalue weighted by atomic mass is 16.3. The maximum atomic E-state index is 11.5. The third kappa shape index (κ3) is 2.26. The van der Waals surface area contributed by atoms with Crippen molar-refractivity contribution >= 4 is 11.9 Å². The fourth-order valence-electron chi connectivity index (χ4n) is 1.27. The van der Waals surface area contributed by atoms with Gasteiger partial charge in [-0.3, -0.25) is 4.79 Å². The van der Waals surface area contributed by atoms with E-state index in [1.165, 1.54) is 6.08 Å². The predicted octanol–water partition coefficient (Wildman–Crippen LogP) is 2.81. The number of allylic oxidation sites excluding steroid dienone is 1. The Hall–Kier alpha value is -2.03. The van der Waals surface area contributed by atoms with E-state index in [-0.39, 0.29) is 5.78 Å². The van der Waals surface area contributed by atoms with Crippen LogP contribution in [0.5, 0.6) is 0 Å². The average molecular weight is 201 g/mol. The summed E-state index contributed by atoms with van der Waals surface area (Å²) in [5.74, 6) is 1.46. The lowest BCUT2D eigenvalue weighted by Crippen LogP contribution is -1.92. The molecule has 0 saturated heterocycles. The average Bonchev–Trinajstić information content (AvgIpc) is 2.84. The number of hydrogen-bond donors (Lipinski definition) is 1.